The minimum Gasteiger partial charge on any atom is -0.458 e. The summed E-state index contributed by atoms with van der Waals surface area (Å²) in [6, 6.07) is 13.2. The molecule has 3 heterocycles. The summed E-state index contributed by atoms with van der Waals surface area (Å²) in [5.41, 5.74) is 2.60. The molecular weight excluding hydrogens is 362 g/mol. The molecule has 0 aliphatic heterocycles. The number of furan rings is 1. The summed E-state index contributed by atoms with van der Waals surface area (Å²) in [7, 11) is 0. The van der Waals surface area contributed by atoms with Gasteiger partial charge in [-0.2, -0.15) is 0 Å². The molecule has 0 saturated heterocycles. The summed E-state index contributed by atoms with van der Waals surface area (Å²) in [4.78, 5) is 17.1. The smallest absolute Gasteiger partial charge is 0.257 e. The first kappa shape index (κ1) is 17.2. The Morgan fingerprint density at radius 3 is 2.70 bits per heavy atom. The molecule has 0 radical (unpaired) electrons. The van der Waals surface area contributed by atoms with E-state index in [0.29, 0.717) is 28.5 Å². The lowest BCUT2D eigenvalue weighted by molar-refractivity contribution is 0.0947. The number of aryl methyl sites for hydroxylation is 2. The van der Waals surface area contributed by atoms with Gasteiger partial charge < -0.3 is 14.3 Å². The molecule has 0 aliphatic carbocycles. The Bertz CT molecular complexity index is 1080. The minimum atomic E-state index is -0.255. The number of thiazole rings is 1. The maximum Gasteiger partial charge on any atom is 0.257 e. The van der Waals surface area contributed by atoms with Crippen LogP contribution in [-0.4, -0.2) is 16.0 Å². The van der Waals surface area contributed by atoms with Crippen LogP contribution in [0.25, 0.3) is 22.7 Å². The Labute approximate surface area is 159 Å². The molecule has 0 spiro atoms. The van der Waals surface area contributed by atoms with Gasteiger partial charge in [0.2, 0.25) is 0 Å². The third-order valence-corrected chi connectivity index (χ3v) is 4.87. The maximum atomic E-state index is 12.7. The van der Waals surface area contributed by atoms with Crippen LogP contribution in [0.4, 0.5) is 0 Å². The van der Waals surface area contributed by atoms with Crippen molar-refractivity contribution in [2.24, 2.45) is 0 Å². The second-order valence-electron chi connectivity index (χ2n) is 6.03. The number of amides is 1. The van der Waals surface area contributed by atoms with E-state index in [1.54, 1.807) is 18.3 Å². The third-order valence-electron chi connectivity index (χ3n) is 4.09. The molecule has 4 aromatic rings. The molecule has 0 bridgehead atoms. The first-order valence-electron chi connectivity index (χ1n) is 8.43. The van der Waals surface area contributed by atoms with Crippen LogP contribution in [0.15, 0.2) is 56.8 Å². The van der Waals surface area contributed by atoms with E-state index in [4.69, 9.17) is 8.94 Å². The van der Waals surface area contributed by atoms with Crippen molar-refractivity contribution in [2.45, 2.75) is 20.4 Å². The van der Waals surface area contributed by atoms with Crippen LogP contribution >= 0.6 is 11.3 Å². The van der Waals surface area contributed by atoms with Crippen LogP contribution in [-0.2, 0) is 6.54 Å². The molecule has 6 nitrogen and oxygen atoms in total. The second-order valence-corrected chi connectivity index (χ2v) is 7.09. The Kier molecular flexibility index (Phi) is 4.60. The Morgan fingerprint density at radius 1 is 1.15 bits per heavy atom. The molecule has 0 fully saturated rings. The van der Waals surface area contributed by atoms with Gasteiger partial charge in [-0.1, -0.05) is 35.5 Å². The normalized spacial score (nSPS) is 10.9. The lowest BCUT2D eigenvalue weighted by Crippen LogP contribution is -2.23. The van der Waals surface area contributed by atoms with E-state index >= 15 is 0 Å². The molecule has 1 N–H and O–H groups in total. The van der Waals surface area contributed by atoms with Gasteiger partial charge in [-0.25, -0.2) is 4.98 Å². The minimum absolute atomic E-state index is 0.255. The molecule has 136 valence electrons. The quantitative estimate of drug-likeness (QED) is 0.548. The molecule has 0 atom stereocenters. The highest BCUT2D eigenvalue weighted by molar-refractivity contribution is 7.09. The fourth-order valence-electron chi connectivity index (χ4n) is 2.78. The van der Waals surface area contributed by atoms with Crippen molar-refractivity contribution in [2.75, 3.05) is 0 Å². The fourth-order valence-corrected chi connectivity index (χ4v) is 3.38. The molecular formula is C20H17N3O3S. The number of carbonyl (C=O) groups is 1. The second kappa shape index (κ2) is 7.20. The average Bonchev–Trinajstić information content (AvgIpc) is 3.40. The first-order valence-corrected chi connectivity index (χ1v) is 9.31. The average molecular weight is 379 g/mol. The van der Waals surface area contributed by atoms with E-state index in [-0.39, 0.29) is 12.5 Å². The van der Waals surface area contributed by atoms with E-state index in [1.807, 2.05) is 54.8 Å². The zero-order chi connectivity index (χ0) is 18.8. The number of rotatable bonds is 5. The Morgan fingerprint density at radius 2 is 1.96 bits per heavy atom. The number of nitrogens with zero attached hydrogens (tertiary/aromatic N) is 2. The Hall–Kier alpha value is -3.19. The monoisotopic (exact) mass is 379 g/mol. The van der Waals surface area contributed by atoms with Crippen molar-refractivity contribution in [3.05, 3.63) is 69.9 Å². The van der Waals surface area contributed by atoms with Gasteiger partial charge in [0.15, 0.2) is 5.76 Å². The lowest BCUT2D eigenvalue weighted by Gasteiger charge is -2.04. The van der Waals surface area contributed by atoms with Crippen LogP contribution in [0.3, 0.4) is 0 Å². The van der Waals surface area contributed by atoms with Crippen LogP contribution in [0, 0.1) is 13.8 Å². The zero-order valence-corrected chi connectivity index (χ0v) is 15.7. The number of carbonyl (C=O) groups excluding carboxylic acids is 1. The molecule has 0 saturated carbocycles. The zero-order valence-electron chi connectivity index (χ0n) is 14.9. The largest absolute Gasteiger partial charge is 0.458 e. The van der Waals surface area contributed by atoms with Gasteiger partial charge >= 0.3 is 0 Å². The van der Waals surface area contributed by atoms with Crippen molar-refractivity contribution in [3.63, 3.8) is 0 Å². The van der Waals surface area contributed by atoms with Crippen molar-refractivity contribution >= 4 is 17.2 Å². The van der Waals surface area contributed by atoms with Crippen molar-refractivity contribution in [1.82, 2.24) is 15.5 Å². The molecule has 1 amide bonds. The van der Waals surface area contributed by atoms with E-state index in [9.17, 15) is 4.79 Å². The maximum absolute atomic E-state index is 12.7. The summed E-state index contributed by atoms with van der Waals surface area (Å²) in [5.74, 6) is 1.56. The number of aromatic nitrogens is 2. The topological polar surface area (TPSA) is 81.2 Å². The summed E-state index contributed by atoms with van der Waals surface area (Å²) >= 11 is 1.57. The van der Waals surface area contributed by atoms with Crippen LogP contribution < -0.4 is 5.32 Å². The molecule has 3 aromatic heterocycles. The highest BCUT2D eigenvalue weighted by atomic mass is 32.1. The summed E-state index contributed by atoms with van der Waals surface area (Å²) in [6.07, 6.45) is 0. The summed E-state index contributed by atoms with van der Waals surface area (Å²) in [6.45, 7) is 3.94. The number of hydrogen-bond donors (Lipinski definition) is 1. The SMILES string of the molecule is Cc1nc(-c2ccc(CNC(=O)c3c(-c4ccccc4)noc3C)o2)cs1. The molecule has 4 rings (SSSR count). The summed E-state index contributed by atoms with van der Waals surface area (Å²) in [5, 5.41) is 9.84. The molecule has 27 heavy (non-hydrogen) atoms. The first-order chi connectivity index (χ1) is 13.1. The highest BCUT2D eigenvalue weighted by Crippen LogP contribution is 2.26. The van der Waals surface area contributed by atoms with Crippen molar-refractivity contribution in [3.8, 4) is 22.7 Å². The number of nitrogens with one attached hydrogen (secondary N) is 1. The van der Waals surface area contributed by atoms with E-state index in [1.165, 1.54) is 0 Å². The van der Waals surface area contributed by atoms with E-state index in [2.05, 4.69) is 15.5 Å². The van der Waals surface area contributed by atoms with Gasteiger partial charge in [-0.3, -0.25) is 4.79 Å². The lowest BCUT2D eigenvalue weighted by atomic mass is 10.1. The Balaban J connectivity index is 1.49. The van der Waals surface area contributed by atoms with Crippen LogP contribution in [0.1, 0.15) is 26.9 Å². The highest BCUT2D eigenvalue weighted by Gasteiger charge is 2.21. The van der Waals surface area contributed by atoms with Crippen LogP contribution in [0.2, 0.25) is 0 Å². The van der Waals surface area contributed by atoms with Gasteiger partial charge in [-0.05, 0) is 26.0 Å². The van der Waals surface area contributed by atoms with Gasteiger partial charge in [0.05, 0.1) is 11.6 Å². The predicted octanol–water partition coefficient (Wildman–Crippen LogP) is 4.60. The molecule has 0 unspecified atom stereocenters. The van der Waals surface area contributed by atoms with Crippen LogP contribution in [0.5, 0.6) is 0 Å². The van der Waals surface area contributed by atoms with Gasteiger partial charge in [0.25, 0.3) is 5.91 Å². The van der Waals surface area contributed by atoms with Gasteiger partial charge in [-0.15, -0.1) is 11.3 Å². The third kappa shape index (κ3) is 3.54. The summed E-state index contributed by atoms with van der Waals surface area (Å²) < 4.78 is 11.0. The fraction of sp³-hybridized carbons (Fsp3) is 0.150. The van der Waals surface area contributed by atoms with Gasteiger partial charge in [0, 0.05) is 10.9 Å². The number of hydrogen-bond acceptors (Lipinski definition) is 6. The van der Waals surface area contributed by atoms with Gasteiger partial charge in [0.1, 0.15) is 28.5 Å². The molecule has 1 aromatic carbocycles. The van der Waals surface area contributed by atoms with E-state index < -0.39 is 0 Å². The van der Waals surface area contributed by atoms with Crippen molar-refractivity contribution in [1.29, 1.82) is 0 Å². The van der Waals surface area contributed by atoms with Crippen molar-refractivity contribution < 1.29 is 13.7 Å². The van der Waals surface area contributed by atoms with E-state index in [0.717, 1.165) is 16.3 Å². The number of benzene rings is 1. The standard InChI is InChI=1S/C20H17N3O3S/c1-12-18(19(23-26-12)14-6-4-3-5-7-14)20(24)21-10-15-8-9-17(25-15)16-11-27-13(2)22-16/h3-9,11H,10H2,1-2H3,(H,21,24). The molecule has 0 aliphatic rings. The molecule has 7 heteroatoms. The predicted molar refractivity (Wildman–Crippen MR) is 102 cm³/mol.